The molecule has 1 aromatic rings. The topological polar surface area (TPSA) is 29.1 Å². The smallest absolute Gasteiger partial charge is 0.181 e. The Hall–Kier alpha value is -1.19. The van der Waals surface area contributed by atoms with Crippen LogP contribution >= 0.6 is 23.4 Å². The van der Waals surface area contributed by atoms with Gasteiger partial charge in [-0.1, -0.05) is 23.9 Å². The fraction of sp³-hybridized carbons (Fsp3) is 0.154. The first kappa shape index (κ1) is 10.9. The van der Waals surface area contributed by atoms with Crippen molar-refractivity contribution in [3.63, 3.8) is 0 Å². The lowest BCUT2D eigenvalue weighted by molar-refractivity contribution is -0.114. The molecule has 1 aliphatic heterocycles. The SMILES string of the molecule is CC1=CC2=C(Sc3ccccc3N2)C(Cl)C1=O. The summed E-state index contributed by atoms with van der Waals surface area (Å²) in [4.78, 5) is 13.8. The first-order chi connectivity index (χ1) is 8.16. The Morgan fingerprint density at radius 3 is 2.94 bits per heavy atom. The Morgan fingerprint density at radius 1 is 1.35 bits per heavy atom. The molecule has 0 saturated heterocycles. The Bertz CT molecular complexity index is 577. The first-order valence-electron chi connectivity index (χ1n) is 5.31. The van der Waals surface area contributed by atoms with Crippen molar-refractivity contribution < 1.29 is 4.79 Å². The number of hydrogen-bond donors (Lipinski definition) is 1. The van der Waals surface area contributed by atoms with Gasteiger partial charge in [0, 0.05) is 9.80 Å². The maximum Gasteiger partial charge on any atom is 0.181 e. The van der Waals surface area contributed by atoms with Crippen LogP contribution in [0.1, 0.15) is 6.92 Å². The number of Topliss-reactive ketones (excluding diaryl/α,β-unsaturated/α-hetero) is 1. The lowest BCUT2D eigenvalue weighted by Crippen LogP contribution is -2.25. The molecule has 1 aromatic carbocycles. The third-order valence-electron chi connectivity index (χ3n) is 2.85. The van der Waals surface area contributed by atoms with E-state index in [-0.39, 0.29) is 5.78 Å². The molecule has 4 heteroatoms. The molecule has 1 unspecified atom stereocenters. The number of hydrogen-bond acceptors (Lipinski definition) is 3. The first-order valence-corrected chi connectivity index (χ1v) is 6.57. The normalized spacial score (nSPS) is 22.6. The molecule has 1 aliphatic carbocycles. The number of anilines is 1. The number of para-hydroxylation sites is 1. The number of ketones is 1. The minimum Gasteiger partial charge on any atom is -0.354 e. The molecule has 0 saturated carbocycles. The van der Waals surface area contributed by atoms with Crippen molar-refractivity contribution in [1.82, 2.24) is 0 Å². The predicted molar refractivity (Wildman–Crippen MR) is 71.4 cm³/mol. The largest absolute Gasteiger partial charge is 0.354 e. The highest BCUT2D eigenvalue weighted by Crippen LogP contribution is 2.44. The van der Waals surface area contributed by atoms with E-state index in [1.54, 1.807) is 18.7 Å². The van der Waals surface area contributed by atoms with Crippen LogP contribution in [0.3, 0.4) is 0 Å². The van der Waals surface area contributed by atoms with Crippen molar-refractivity contribution in [2.24, 2.45) is 0 Å². The number of carbonyl (C=O) groups is 1. The third-order valence-corrected chi connectivity index (χ3v) is 4.65. The molecule has 0 aromatic heterocycles. The van der Waals surface area contributed by atoms with Gasteiger partial charge in [0.05, 0.1) is 11.4 Å². The summed E-state index contributed by atoms with van der Waals surface area (Å²) in [5, 5.41) is 2.77. The van der Waals surface area contributed by atoms with Crippen LogP contribution in [-0.2, 0) is 4.79 Å². The van der Waals surface area contributed by atoms with Gasteiger partial charge in [-0.2, -0.15) is 0 Å². The summed E-state index contributed by atoms with van der Waals surface area (Å²) in [7, 11) is 0. The minimum atomic E-state index is -0.555. The van der Waals surface area contributed by atoms with Crippen LogP contribution < -0.4 is 5.32 Å². The zero-order valence-corrected chi connectivity index (χ0v) is 10.7. The summed E-state index contributed by atoms with van der Waals surface area (Å²) in [6.45, 7) is 1.80. The molecule has 86 valence electrons. The second kappa shape index (κ2) is 3.93. The van der Waals surface area contributed by atoms with Gasteiger partial charge in [0.1, 0.15) is 5.38 Å². The zero-order valence-electron chi connectivity index (χ0n) is 9.16. The van der Waals surface area contributed by atoms with Gasteiger partial charge in [-0.15, -0.1) is 11.6 Å². The van der Waals surface area contributed by atoms with E-state index in [4.69, 9.17) is 11.6 Å². The van der Waals surface area contributed by atoms with E-state index in [0.717, 1.165) is 21.2 Å². The third kappa shape index (κ3) is 1.70. The fourth-order valence-corrected chi connectivity index (χ4v) is 3.41. The summed E-state index contributed by atoms with van der Waals surface area (Å²) in [6, 6.07) is 8.01. The van der Waals surface area contributed by atoms with E-state index in [2.05, 4.69) is 5.32 Å². The molecule has 2 nitrogen and oxygen atoms in total. The Balaban J connectivity index is 2.08. The molecule has 2 aliphatic rings. The van der Waals surface area contributed by atoms with E-state index in [1.165, 1.54) is 0 Å². The number of fused-ring (bicyclic) bond motifs is 1. The lowest BCUT2D eigenvalue weighted by atomic mass is 10.0. The van der Waals surface area contributed by atoms with Crippen LogP contribution in [0.2, 0.25) is 0 Å². The summed E-state index contributed by atoms with van der Waals surface area (Å²) in [5.41, 5.74) is 2.72. The van der Waals surface area contributed by atoms with Crippen LogP contribution in [0.5, 0.6) is 0 Å². The number of alkyl halides is 1. The second-order valence-corrected chi connectivity index (χ2v) is 5.58. The van der Waals surface area contributed by atoms with Crippen molar-refractivity contribution in [2.45, 2.75) is 17.2 Å². The monoisotopic (exact) mass is 263 g/mol. The Labute approximate surface area is 109 Å². The number of benzene rings is 1. The van der Waals surface area contributed by atoms with Crippen molar-refractivity contribution in [3.8, 4) is 0 Å². The highest BCUT2D eigenvalue weighted by atomic mass is 35.5. The molecular formula is C13H10ClNOS. The number of rotatable bonds is 0. The van der Waals surface area contributed by atoms with Crippen LogP contribution in [-0.4, -0.2) is 11.2 Å². The number of thioether (sulfide) groups is 1. The highest BCUT2D eigenvalue weighted by Gasteiger charge is 2.31. The van der Waals surface area contributed by atoms with Gasteiger partial charge in [-0.25, -0.2) is 0 Å². The molecule has 0 fully saturated rings. The fourth-order valence-electron chi connectivity index (χ4n) is 1.94. The van der Waals surface area contributed by atoms with Gasteiger partial charge in [0.15, 0.2) is 5.78 Å². The van der Waals surface area contributed by atoms with E-state index >= 15 is 0 Å². The van der Waals surface area contributed by atoms with Gasteiger partial charge in [-0.05, 0) is 30.7 Å². The summed E-state index contributed by atoms with van der Waals surface area (Å²) < 4.78 is 0. The minimum absolute atomic E-state index is 0.000835. The summed E-state index contributed by atoms with van der Waals surface area (Å²) in [6.07, 6.45) is 1.87. The molecule has 0 amide bonds. The quantitative estimate of drug-likeness (QED) is 0.726. The van der Waals surface area contributed by atoms with Crippen LogP contribution in [0.4, 0.5) is 5.69 Å². The van der Waals surface area contributed by atoms with Crippen molar-refractivity contribution in [2.75, 3.05) is 5.32 Å². The van der Waals surface area contributed by atoms with Gasteiger partial charge < -0.3 is 5.32 Å². The van der Waals surface area contributed by atoms with Gasteiger partial charge in [0.2, 0.25) is 0 Å². The molecule has 0 radical (unpaired) electrons. The molecular weight excluding hydrogens is 254 g/mol. The average molecular weight is 264 g/mol. The molecule has 0 spiro atoms. The maximum absolute atomic E-state index is 11.8. The van der Waals surface area contributed by atoms with Crippen molar-refractivity contribution in [1.29, 1.82) is 0 Å². The number of carbonyl (C=O) groups excluding carboxylic acids is 1. The van der Waals surface area contributed by atoms with E-state index in [0.29, 0.717) is 5.57 Å². The number of nitrogens with one attached hydrogen (secondary N) is 1. The predicted octanol–water partition coefficient (Wildman–Crippen LogP) is 3.55. The molecule has 17 heavy (non-hydrogen) atoms. The van der Waals surface area contributed by atoms with Crippen LogP contribution in [0, 0.1) is 0 Å². The molecule has 1 heterocycles. The summed E-state index contributed by atoms with van der Waals surface area (Å²) >= 11 is 7.77. The Morgan fingerprint density at radius 2 is 2.12 bits per heavy atom. The molecule has 0 bridgehead atoms. The van der Waals surface area contributed by atoms with Gasteiger partial charge in [0.25, 0.3) is 0 Å². The van der Waals surface area contributed by atoms with Gasteiger partial charge in [-0.3, -0.25) is 4.79 Å². The average Bonchev–Trinajstić information content (AvgIpc) is 2.34. The number of halogens is 1. The molecule has 3 rings (SSSR count). The standard InChI is InChI=1S/C13H10ClNOS/c1-7-6-9-13(11(14)12(7)16)17-10-5-3-2-4-8(10)15-9/h2-6,11,15H,1H3. The summed E-state index contributed by atoms with van der Waals surface area (Å²) in [5.74, 6) is -0.000835. The molecule has 1 atom stereocenters. The van der Waals surface area contributed by atoms with Gasteiger partial charge >= 0.3 is 0 Å². The van der Waals surface area contributed by atoms with Crippen molar-refractivity contribution in [3.05, 3.63) is 46.5 Å². The van der Waals surface area contributed by atoms with E-state index in [9.17, 15) is 4.79 Å². The second-order valence-electron chi connectivity index (χ2n) is 4.06. The van der Waals surface area contributed by atoms with E-state index in [1.807, 2.05) is 30.3 Å². The lowest BCUT2D eigenvalue weighted by Gasteiger charge is -2.27. The highest BCUT2D eigenvalue weighted by molar-refractivity contribution is 8.03. The van der Waals surface area contributed by atoms with Crippen LogP contribution in [0.15, 0.2) is 51.4 Å². The number of allylic oxidation sites excluding steroid dienone is 3. The zero-order chi connectivity index (χ0) is 12.0. The Kier molecular flexibility index (Phi) is 2.53. The van der Waals surface area contributed by atoms with E-state index < -0.39 is 5.38 Å². The van der Waals surface area contributed by atoms with Crippen molar-refractivity contribution >= 4 is 34.8 Å². The maximum atomic E-state index is 11.8. The molecule has 1 N–H and O–H groups in total. The van der Waals surface area contributed by atoms with Crippen LogP contribution in [0.25, 0.3) is 0 Å².